The zero-order valence-electron chi connectivity index (χ0n) is 19.8. The quantitative estimate of drug-likeness (QED) is 0.541. The van der Waals surface area contributed by atoms with Crippen molar-refractivity contribution in [2.75, 3.05) is 13.7 Å². The molecule has 0 amide bonds. The Morgan fingerprint density at radius 1 is 1.28 bits per heavy atom. The van der Waals surface area contributed by atoms with Crippen molar-refractivity contribution < 1.29 is 24.5 Å². The van der Waals surface area contributed by atoms with Crippen molar-refractivity contribution >= 4 is 5.78 Å². The molecule has 0 aromatic carbocycles. The van der Waals surface area contributed by atoms with Gasteiger partial charge in [0, 0.05) is 36.6 Å². The van der Waals surface area contributed by atoms with E-state index >= 15 is 0 Å². The van der Waals surface area contributed by atoms with Crippen molar-refractivity contribution in [3.8, 4) is 0 Å². The van der Waals surface area contributed by atoms with E-state index in [9.17, 15) is 15.0 Å². The summed E-state index contributed by atoms with van der Waals surface area (Å²) in [6, 6.07) is 0. The number of pyridine rings is 1. The van der Waals surface area contributed by atoms with Crippen LogP contribution in [0.3, 0.4) is 0 Å². The minimum Gasteiger partial charge on any atom is -0.392 e. The summed E-state index contributed by atoms with van der Waals surface area (Å²) in [5, 5.41) is 21.2. The number of fused-ring (bicyclic) bond motifs is 4. The van der Waals surface area contributed by atoms with Crippen molar-refractivity contribution in [2.45, 2.75) is 78.3 Å². The van der Waals surface area contributed by atoms with E-state index in [4.69, 9.17) is 9.47 Å². The molecule has 5 rings (SSSR count). The Morgan fingerprint density at radius 3 is 2.69 bits per heavy atom. The first-order valence-corrected chi connectivity index (χ1v) is 11.9. The number of methoxy groups -OCH3 is 1. The maximum absolute atomic E-state index is 12.5. The number of aliphatic hydroxyl groups excluding tert-OH is 2. The molecule has 1 saturated carbocycles. The third kappa shape index (κ3) is 2.86. The number of hydrogen-bond donors (Lipinski definition) is 2. The van der Waals surface area contributed by atoms with Crippen molar-refractivity contribution in [3.63, 3.8) is 0 Å². The highest BCUT2D eigenvalue weighted by Crippen LogP contribution is 2.67. The van der Waals surface area contributed by atoms with Gasteiger partial charge in [0.25, 0.3) is 0 Å². The molecule has 0 spiro atoms. The minimum absolute atomic E-state index is 0.0148. The average molecular weight is 442 g/mol. The lowest BCUT2D eigenvalue weighted by Crippen LogP contribution is -2.48. The van der Waals surface area contributed by atoms with Crippen LogP contribution in [0.4, 0.5) is 0 Å². The molecule has 2 heterocycles. The number of aliphatic hydroxyl groups is 2. The highest BCUT2D eigenvalue weighted by Gasteiger charge is 2.61. The van der Waals surface area contributed by atoms with Crippen LogP contribution in [0.1, 0.15) is 93.0 Å². The van der Waals surface area contributed by atoms with Gasteiger partial charge in [-0.15, -0.1) is 0 Å². The molecule has 0 bridgehead atoms. The van der Waals surface area contributed by atoms with Gasteiger partial charge in [-0.05, 0) is 48.1 Å². The van der Waals surface area contributed by atoms with Crippen molar-refractivity contribution in [1.29, 1.82) is 0 Å². The number of carbonyl (C=O) groups excluding carboxylic acids is 1. The predicted molar refractivity (Wildman–Crippen MR) is 119 cm³/mol. The number of nitrogens with zero attached hydrogens (tertiary/aromatic N) is 1. The highest BCUT2D eigenvalue weighted by atomic mass is 16.7. The Morgan fingerprint density at radius 2 is 2.03 bits per heavy atom. The number of allylic oxidation sites excluding steroid dienone is 1. The molecule has 2 N–H and O–H groups in total. The summed E-state index contributed by atoms with van der Waals surface area (Å²) < 4.78 is 12.2. The molecule has 6 nitrogen and oxygen atoms in total. The van der Waals surface area contributed by atoms with Crippen LogP contribution in [-0.4, -0.2) is 40.8 Å². The number of hydrogen-bond acceptors (Lipinski definition) is 6. The smallest absolute Gasteiger partial charge is 0.206 e. The van der Waals surface area contributed by atoms with Crippen molar-refractivity contribution in [3.05, 3.63) is 39.7 Å². The molecule has 6 atom stereocenters. The SMILES string of the molecule is CO[C@H]1O[C@H]2c3c(cnc(C(=O)CO)c31)C[C@H](O)[C@@H]1C3=C(C(C)C)CC[C@]3(C)CC[C@@]21C. The fraction of sp³-hybridized carbons (Fsp3) is 0.692. The van der Waals surface area contributed by atoms with Crippen molar-refractivity contribution in [1.82, 2.24) is 4.98 Å². The molecule has 0 saturated heterocycles. The van der Waals surface area contributed by atoms with Crippen molar-refractivity contribution in [2.24, 2.45) is 22.7 Å². The Labute approximate surface area is 190 Å². The van der Waals surface area contributed by atoms with E-state index in [0.29, 0.717) is 17.9 Å². The molecule has 0 unspecified atom stereocenters. The Kier molecular flexibility index (Phi) is 5.17. The number of ether oxygens (including phenoxy) is 2. The topological polar surface area (TPSA) is 88.9 Å². The minimum atomic E-state index is -0.698. The molecular weight excluding hydrogens is 406 g/mol. The second kappa shape index (κ2) is 7.45. The van der Waals surface area contributed by atoms with Crippen LogP contribution in [0.15, 0.2) is 17.3 Å². The van der Waals surface area contributed by atoms with E-state index in [1.807, 2.05) is 0 Å². The Hall–Kier alpha value is -1.60. The lowest BCUT2D eigenvalue weighted by molar-refractivity contribution is -0.190. The van der Waals surface area contributed by atoms with Gasteiger partial charge < -0.3 is 19.7 Å². The molecule has 32 heavy (non-hydrogen) atoms. The molecule has 4 aliphatic rings. The number of rotatable bonds is 4. The molecule has 6 heteroatoms. The molecule has 1 aromatic heterocycles. The number of aromatic nitrogens is 1. The summed E-state index contributed by atoms with van der Waals surface area (Å²) in [5.41, 5.74) is 5.49. The van der Waals surface area contributed by atoms with Crippen LogP contribution < -0.4 is 0 Å². The van der Waals surface area contributed by atoms with Gasteiger partial charge in [-0.3, -0.25) is 9.78 Å². The first-order chi connectivity index (χ1) is 15.2. The molecule has 3 aliphatic carbocycles. The van der Waals surface area contributed by atoms with Gasteiger partial charge in [-0.2, -0.15) is 0 Å². The average Bonchev–Trinajstić information content (AvgIpc) is 3.30. The first kappa shape index (κ1) is 22.2. The fourth-order valence-corrected chi connectivity index (χ4v) is 7.31. The van der Waals surface area contributed by atoms with Gasteiger partial charge in [0.2, 0.25) is 5.78 Å². The first-order valence-electron chi connectivity index (χ1n) is 11.9. The van der Waals surface area contributed by atoms with E-state index in [2.05, 4.69) is 32.7 Å². The van der Waals surface area contributed by atoms with Crippen LogP contribution >= 0.6 is 0 Å². The molecule has 0 radical (unpaired) electrons. The molecule has 1 fully saturated rings. The highest BCUT2D eigenvalue weighted by molar-refractivity contribution is 5.97. The Bertz CT molecular complexity index is 1000. The van der Waals surface area contributed by atoms with Gasteiger partial charge in [0.05, 0.1) is 12.2 Å². The van der Waals surface area contributed by atoms with E-state index in [-0.39, 0.29) is 28.5 Å². The summed E-state index contributed by atoms with van der Waals surface area (Å²) in [6.07, 6.45) is 4.90. The van der Waals surface area contributed by atoms with E-state index < -0.39 is 24.8 Å². The van der Waals surface area contributed by atoms with E-state index in [0.717, 1.165) is 36.8 Å². The summed E-state index contributed by atoms with van der Waals surface area (Å²) in [5.74, 6) is 0.00522. The summed E-state index contributed by atoms with van der Waals surface area (Å²) in [7, 11) is 1.57. The largest absolute Gasteiger partial charge is 0.392 e. The number of carbonyl (C=O) groups is 1. The second-order valence-electron chi connectivity index (χ2n) is 11.0. The lowest BCUT2D eigenvalue weighted by Gasteiger charge is -2.53. The van der Waals surface area contributed by atoms with Gasteiger partial charge in [0.1, 0.15) is 12.3 Å². The van der Waals surface area contributed by atoms with Crippen LogP contribution in [0, 0.1) is 22.7 Å². The van der Waals surface area contributed by atoms with Crippen LogP contribution in [0.25, 0.3) is 0 Å². The molecule has 174 valence electrons. The van der Waals surface area contributed by atoms with Gasteiger partial charge >= 0.3 is 0 Å². The molecule has 1 aromatic rings. The maximum atomic E-state index is 12.5. The lowest BCUT2D eigenvalue weighted by atomic mass is 9.53. The van der Waals surface area contributed by atoms with Crippen LogP contribution in [-0.2, 0) is 15.9 Å². The third-order valence-corrected chi connectivity index (χ3v) is 8.91. The van der Waals surface area contributed by atoms with Crippen LogP contribution in [0.2, 0.25) is 0 Å². The summed E-state index contributed by atoms with van der Waals surface area (Å²) in [6.45, 7) is 8.55. The number of ketones is 1. The second-order valence-corrected chi connectivity index (χ2v) is 11.0. The zero-order valence-corrected chi connectivity index (χ0v) is 19.8. The molecule has 1 aliphatic heterocycles. The predicted octanol–water partition coefficient (Wildman–Crippen LogP) is 4.06. The molecular formula is C26H35NO5. The fourth-order valence-electron chi connectivity index (χ4n) is 7.31. The maximum Gasteiger partial charge on any atom is 0.206 e. The summed E-state index contributed by atoms with van der Waals surface area (Å²) in [4.78, 5) is 16.9. The zero-order chi connectivity index (χ0) is 23.0. The van der Waals surface area contributed by atoms with Gasteiger partial charge in [-0.25, -0.2) is 0 Å². The van der Waals surface area contributed by atoms with Gasteiger partial charge in [-0.1, -0.05) is 38.8 Å². The summed E-state index contributed by atoms with van der Waals surface area (Å²) >= 11 is 0. The van der Waals surface area contributed by atoms with E-state index in [1.165, 1.54) is 11.1 Å². The van der Waals surface area contributed by atoms with Crippen LogP contribution in [0.5, 0.6) is 0 Å². The monoisotopic (exact) mass is 441 g/mol. The Balaban J connectivity index is 1.73. The van der Waals surface area contributed by atoms with Gasteiger partial charge in [0.15, 0.2) is 6.29 Å². The third-order valence-electron chi connectivity index (χ3n) is 8.91. The normalized spacial score (nSPS) is 37.9. The number of Topliss-reactive ketones (excluding diaryl/α,β-unsaturated/α-hetero) is 1. The standard InChI is InChI=1S/C26H35NO5/c1-13(2)15-6-7-25(3)8-9-26(4)21(20(15)25)16(29)10-14-11-27-22(17(30)12-28)19-18(14)23(26)32-24(19)31-5/h11,13,16,21,23-24,28-29H,6-10,12H2,1-5H3/t16-,21+,23-,24-,25+,26+/m0/s1. The van der Waals surface area contributed by atoms with E-state index in [1.54, 1.807) is 13.3 Å².